The Hall–Kier alpha value is -4.32. The quantitative estimate of drug-likeness (QED) is 0.311. The Labute approximate surface area is 202 Å². The molecule has 4 N–H and O–H groups in total. The van der Waals surface area contributed by atoms with Crippen LogP contribution in [0.25, 0.3) is 22.3 Å². The topological polar surface area (TPSA) is 160 Å². The van der Waals surface area contributed by atoms with Gasteiger partial charge in [-0.1, -0.05) is 6.92 Å². The molecule has 11 nitrogen and oxygen atoms in total. The Balaban J connectivity index is 1.57. The summed E-state index contributed by atoms with van der Waals surface area (Å²) in [5, 5.41) is 24.5. The molecule has 3 aromatic rings. The van der Waals surface area contributed by atoms with Gasteiger partial charge in [-0.25, -0.2) is 19.0 Å². The molecule has 0 spiro atoms. The lowest BCUT2D eigenvalue weighted by Gasteiger charge is -2.31. The molecule has 0 radical (unpaired) electrons. The highest BCUT2D eigenvalue weighted by Gasteiger charge is 2.45. The zero-order chi connectivity index (χ0) is 25.9. The van der Waals surface area contributed by atoms with E-state index in [1.165, 1.54) is 17.6 Å². The number of fused-ring (bicyclic) bond motifs is 5. The van der Waals surface area contributed by atoms with E-state index in [0.29, 0.717) is 22.3 Å². The first-order valence-electron chi connectivity index (χ1n) is 11.1. The molecule has 2 amide bonds. The highest BCUT2D eigenvalue weighted by molar-refractivity contribution is 5.98. The van der Waals surface area contributed by atoms with Crippen LogP contribution in [0.1, 0.15) is 37.0 Å². The molecule has 2 aromatic heterocycles. The minimum atomic E-state index is -1.95. The zero-order valence-corrected chi connectivity index (χ0v) is 19.2. The third-order valence-electron chi connectivity index (χ3n) is 6.59. The van der Waals surface area contributed by atoms with Gasteiger partial charge in [0.2, 0.25) is 5.91 Å². The molecule has 0 fully saturated rings. The molecular formula is C24H21FN4O7. The SMILES string of the molecule is CC[C@@]1(O)C(=O)OCc2c1cc1n(c2=O)Cc2cc3cc(NC(=O)C(C)NC(=O)O)c(F)cc3nc2-1. The van der Waals surface area contributed by atoms with Crippen LogP contribution < -0.4 is 16.2 Å². The number of aromatic nitrogens is 2. The van der Waals surface area contributed by atoms with E-state index in [-0.39, 0.29) is 41.9 Å². The highest BCUT2D eigenvalue weighted by atomic mass is 19.1. The Kier molecular flexibility index (Phi) is 5.29. The van der Waals surface area contributed by atoms with Crippen molar-refractivity contribution >= 4 is 34.6 Å². The standard InChI is InChI=1S/C24H21FN4O7/c1-3-24(35)14-6-18-19-12(8-29(18)21(31)13(14)9-36-22(24)32)4-11-5-17(15(25)7-16(11)27-19)28-20(30)10(2)26-23(33)34/h4-7,10,26,35H,3,8-9H2,1-2H3,(H,28,30)(H,33,34)/t10?,24-/m0/s1. The number of rotatable bonds is 4. The maximum atomic E-state index is 14.8. The number of aliphatic hydroxyl groups is 1. The van der Waals surface area contributed by atoms with E-state index in [9.17, 15) is 28.7 Å². The first-order chi connectivity index (χ1) is 17.0. The van der Waals surface area contributed by atoms with E-state index in [1.54, 1.807) is 19.1 Å². The van der Waals surface area contributed by atoms with Crippen molar-refractivity contribution in [3.63, 3.8) is 0 Å². The normalized spacial score (nSPS) is 18.6. The van der Waals surface area contributed by atoms with E-state index in [4.69, 9.17) is 9.84 Å². The van der Waals surface area contributed by atoms with Gasteiger partial charge in [0.15, 0.2) is 5.60 Å². The van der Waals surface area contributed by atoms with E-state index >= 15 is 0 Å². The van der Waals surface area contributed by atoms with Gasteiger partial charge in [-0.2, -0.15) is 0 Å². The second-order valence-electron chi connectivity index (χ2n) is 8.78. The summed E-state index contributed by atoms with van der Waals surface area (Å²) in [4.78, 5) is 53.0. The molecule has 0 aliphatic carbocycles. The number of carboxylic acid groups (broad SMARTS) is 1. The molecule has 5 rings (SSSR count). The Morgan fingerprint density at radius 3 is 2.72 bits per heavy atom. The number of anilines is 1. The molecule has 2 atom stereocenters. The van der Waals surface area contributed by atoms with Gasteiger partial charge in [0.05, 0.1) is 34.7 Å². The van der Waals surface area contributed by atoms with Gasteiger partial charge in [0.25, 0.3) is 5.56 Å². The minimum Gasteiger partial charge on any atom is -0.465 e. The summed E-state index contributed by atoms with van der Waals surface area (Å²) in [6, 6.07) is 4.67. The van der Waals surface area contributed by atoms with E-state index in [2.05, 4.69) is 10.3 Å². The average molecular weight is 496 g/mol. The summed E-state index contributed by atoms with van der Waals surface area (Å²) in [5.74, 6) is -2.35. The van der Waals surface area contributed by atoms with Crippen LogP contribution in [0.5, 0.6) is 0 Å². The van der Waals surface area contributed by atoms with Crippen LogP contribution in [0.4, 0.5) is 14.9 Å². The number of benzene rings is 1. The van der Waals surface area contributed by atoms with Crippen LogP contribution >= 0.6 is 0 Å². The second-order valence-corrected chi connectivity index (χ2v) is 8.78. The van der Waals surface area contributed by atoms with E-state index in [0.717, 1.165) is 6.07 Å². The van der Waals surface area contributed by atoms with Crippen LogP contribution in [-0.4, -0.2) is 43.8 Å². The van der Waals surface area contributed by atoms with Crippen molar-refractivity contribution < 1.29 is 33.7 Å². The summed E-state index contributed by atoms with van der Waals surface area (Å²) in [6.45, 7) is 2.85. The highest BCUT2D eigenvalue weighted by Crippen LogP contribution is 2.39. The van der Waals surface area contributed by atoms with Crippen molar-refractivity contribution in [1.82, 2.24) is 14.9 Å². The number of nitrogens with zero attached hydrogens (tertiary/aromatic N) is 2. The molecule has 36 heavy (non-hydrogen) atoms. The zero-order valence-electron chi connectivity index (χ0n) is 19.2. The molecule has 1 unspecified atom stereocenters. The molecule has 4 heterocycles. The number of carbonyl (C=O) groups is 3. The van der Waals surface area contributed by atoms with Gasteiger partial charge in [0, 0.05) is 22.6 Å². The predicted octanol–water partition coefficient (Wildman–Crippen LogP) is 1.81. The van der Waals surface area contributed by atoms with Crippen molar-refractivity contribution in [3.05, 3.63) is 57.1 Å². The fraction of sp³-hybridized carbons (Fsp3) is 0.292. The molecule has 1 aromatic carbocycles. The number of amides is 2. The second kappa shape index (κ2) is 8.12. The summed E-state index contributed by atoms with van der Waals surface area (Å²) >= 11 is 0. The number of nitrogens with one attached hydrogen (secondary N) is 2. The number of ether oxygens (including phenoxy) is 1. The van der Waals surface area contributed by atoms with Crippen molar-refractivity contribution in [2.45, 2.75) is 45.1 Å². The molecule has 2 aliphatic heterocycles. The fourth-order valence-electron chi connectivity index (χ4n) is 4.59. The molecule has 186 valence electrons. The Morgan fingerprint density at radius 1 is 1.28 bits per heavy atom. The number of cyclic esters (lactones) is 1. The van der Waals surface area contributed by atoms with Crippen LogP contribution in [0.3, 0.4) is 0 Å². The van der Waals surface area contributed by atoms with Crippen LogP contribution in [-0.2, 0) is 33.1 Å². The monoisotopic (exact) mass is 496 g/mol. The maximum Gasteiger partial charge on any atom is 0.405 e. The first-order valence-corrected chi connectivity index (χ1v) is 11.1. The van der Waals surface area contributed by atoms with Crippen molar-refractivity contribution in [2.24, 2.45) is 0 Å². The van der Waals surface area contributed by atoms with E-state index < -0.39 is 41.0 Å². The smallest absolute Gasteiger partial charge is 0.405 e. The van der Waals surface area contributed by atoms with Crippen molar-refractivity contribution in [3.8, 4) is 11.4 Å². The fourth-order valence-corrected chi connectivity index (χ4v) is 4.59. The lowest BCUT2D eigenvalue weighted by molar-refractivity contribution is -0.172. The molecule has 0 bridgehead atoms. The van der Waals surface area contributed by atoms with Crippen LogP contribution in [0.2, 0.25) is 0 Å². The Morgan fingerprint density at radius 2 is 2.03 bits per heavy atom. The van der Waals surface area contributed by atoms with Gasteiger partial charge in [-0.15, -0.1) is 0 Å². The van der Waals surface area contributed by atoms with Crippen molar-refractivity contribution in [1.29, 1.82) is 0 Å². The number of hydrogen-bond acceptors (Lipinski definition) is 7. The van der Waals surface area contributed by atoms with Crippen LogP contribution in [0, 0.1) is 5.82 Å². The van der Waals surface area contributed by atoms with Gasteiger partial charge in [0.1, 0.15) is 18.5 Å². The first kappa shape index (κ1) is 23.4. The lowest BCUT2D eigenvalue weighted by Crippen LogP contribution is -2.44. The number of pyridine rings is 2. The van der Waals surface area contributed by atoms with Crippen molar-refractivity contribution in [2.75, 3.05) is 5.32 Å². The molecule has 0 saturated heterocycles. The lowest BCUT2D eigenvalue weighted by atomic mass is 9.86. The third-order valence-corrected chi connectivity index (χ3v) is 6.59. The number of carbonyl (C=O) groups excluding carboxylic acids is 2. The van der Waals surface area contributed by atoms with Crippen LogP contribution in [0.15, 0.2) is 29.1 Å². The molecule has 2 aliphatic rings. The van der Waals surface area contributed by atoms with Gasteiger partial charge in [-0.3, -0.25) is 9.59 Å². The number of esters is 1. The average Bonchev–Trinajstić information content (AvgIpc) is 3.18. The molecular weight excluding hydrogens is 475 g/mol. The maximum absolute atomic E-state index is 14.8. The van der Waals surface area contributed by atoms with Gasteiger partial charge in [-0.05, 0) is 31.5 Å². The molecule has 12 heteroatoms. The minimum absolute atomic E-state index is 0.0139. The largest absolute Gasteiger partial charge is 0.465 e. The number of hydrogen-bond donors (Lipinski definition) is 4. The predicted molar refractivity (Wildman–Crippen MR) is 124 cm³/mol. The Bertz CT molecular complexity index is 1550. The number of halogens is 1. The summed E-state index contributed by atoms with van der Waals surface area (Å²) < 4.78 is 21.3. The third kappa shape index (κ3) is 3.49. The summed E-state index contributed by atoms with van der Waals surface area (Å²) in [6.07, 6.45) is -1.37. The van der Waals surface area contributed by atoms with E-state index in [1.807, 2.05) is 5.32 Å². The van der Waals surface area contributed by atoms with Gasteiger partial charge >= 0.3 is 12.1 Å². The summed E-state index contributed by atoms with van der Waals surface area (Å²) in [7, 11) is 0. The summed E-state index contributed by atoms with van der Waals surface area (Å²) in [5.41, 5.74) is -0.431. The van der Waals surface area contributed by atoms with Gasteiger partial charge < -0.3 is 30.2 Å². The molecule has 0 saturated carbocycles.